The number of rotatable bonds is 11. The first-order valence-corrected chi connectivity index (χ1v) is 12.1. The number of amides is 2. The second kappa shape index (κ2) is 12.9. The van der Waals surface area contributed by atoms with Crippen molar-refractivity contribution in [1.29, 1.82) is 0 Å². The largest absolute Gasteiger partial charge is 0.354 e. The van der Waals surface area contributed by atoms with Crippen LogP contribution in [0, 0.1) is 5.82 Å². The summed E-state index contributed by atoms with van der Waals surface area (Å²) < 4.78 is 14.0. The number of carbonyl (C=O) groups excluding carboxylic acids is 2. The van der Waals surface area contributed by atoms with Gasteiger partial charge in [0, 0.05) is 34.5 Å². The van der Waals surface area contributed by atoms with E-state index in [1.807, 2.05) is 25.1 Å². The molecule has 2 aromatic carbocycles. The lowest BCUT2D eigenvalue weighted by atomic mass is 10.1. The Morgan fingerprint density at radius 2 is 1.84 bits per heavy atom. The summed E-state index contributed by atoms with van der Waals surface area (Å²) in [6.45, 7) is 4.52. The Morgan fingerprint density at radius 1 is 1.13 bits per heavy atom. The predicted molar refractivity (Wildman–Crippen MR) is 127 cm³/mol. The summed E-state index contributed by atoms with van der Waals surface area (Å²) in [4.78, 5) is 27.2. The zero-order valence-corrected chi connectivity index (χ0v) is 20.0. The summed E-state index contributed by atoms with van der Waals surface area (Å²) in [5.74, 6) is -0.494. The van der Waals surface area contributed by atoms with Crippen LogP contribution in [0.3, 0.4) is 0 Å². The molecule has 0 aromatic heterocycles. The summed E-state index contributed by atoms with van der Waals surface area (Å²) in [6, 6.07) is 11.1. The average molecular weight is 485 g/mol. The lowest BCUT2D eigenvalue weighted by Crippen LogP contribution is -2.48. The lowest BCUT2D eigenvalue weighted by molar-refractivity contribution is -0.138. The van der Waals surface area contributed by atoms with Crippen LogP contribution in [0.1, 0.15) is 37.8 Å². The minimum absolute atomic E-state index is 0.0850. The molecule has 1 unspecified atom stereocenters. The fourth-order valence-electron chi connectivity index (χ4n) is 2.92. The molecule has 0 heterocycles. The smallest absolute Gasteiger partial charge is 0.242 e. The van der Waals surface area contributed by atoms with Crippen molar-refractivity contribution in [3.05, 3.63) is 69.5 Å². The quantitative estimate of drug-likeness (QED) is 0.416. The van der Waals surface area contributed by atoms with E-state index < -0.39 is 11.9 Å². The standard InChI is InChI=1S/C23H27Cl2FN2O2S/c1-3-4-12-27-23(30)16(2)28(13-17-8-5-6-9-19(17)24)22(29)15-31-14-18-20(25)10-7-11-21(18)26/h5-11,16H,3-4,12-15H2,1-2H3,(H,27,30). The molecule has 0 fully saturated rings. The van der Waals surface area contributed by atoms with Crippen molar-refractivity contribution in [2.75, 3.05) is 12.3 Å². The molecule has 1 N–H and O–H groups in total. The van der Waals surface area contributed by atoms with Crippen molar-refractivity contribution < 1.29 is 14.0 Å². The third kappa shape index (κ3) is 7.70. The highest BCUT2D eigenvalue weighted by molar-refractivity contribution is 7.99. The highest BCUT2D eigenvalue weighted by Gasteiger charge is 2.26. The second-order valence-electron chi connectivity index (χ2n) is 7.13. The summed E-state index contributed by atoms with van der Waals surface area (Å²) in [6.07, 6.45) is 1.84. The van der Waals surface area contributed by atoms with Crippen molar-refractivity contribution in [2.24, 2.45) is 0 Å². The molecule has 0 bridgehead atoms. The van der Waals surface area contributed by atoms with Gasteiger partial charge in [-0.25, -0.2) is 4.39 Å². The molecule has 0 radical (unpaired) electrons. The number of benzene rings is 2. The Kier molecular flexibility index (Phi) is 10.6. The Bertz CT molecular complexity index is 877. The van der Waals surface area contributed by atoms with Gasteiger partial charge in [-0.3, -0.25) is 9.59 Å². The predicted octanol–water partition coefficient (Wildman–Crippen LogP) is 5.70. The van der Waals surface area contributed by atoms with E-state index in [2.05, 4.69) is 5.32 Å². The Balaban J connectivity index is 2.09. The molecule has 0 aliphatic heterocycles. The first-order valence-electron chi connectivity index (χ1n) is 10.2. The van der Waals surface area contributed by atoms with Crippen LogP contribution >= 0.6 is 35.0 Å². The van der Waals surface area contributed by atoms with Crippen LogP contribution < -0.4 is 5.32 Å². The summed E-state index contributed by atoms with van der Waals surface area (Å²) in [7, 11) is 0. The third-order valence-electron chi connectivity index (χ3n) is 4.83. The number of hydrogen-bond acceptors (Lipinski definition) is 3. The van der Waals surface area contributed by atoms with Gasteiger partial charge in [0.05, 0.1) is 5.75 Å². The van der Waals surface area contributed by atoms with Gasteiger partial charge in [0.25, 0.3) is 0 Å². The maximum Gasteiger partial charge on any atom is 0.242 e. The van der Waals surface area contributed by atoms with Gasteiger partial charge in [-0.05, 0) is 37.1 Å². The molecule has 2 rings (SSSR count). The molecule has 0 saturated carbocycles. The molecule has 4 nitrogen and oxygen atoms in total. The molecule has 0 aliphatic rings. The van der Waals surface area contributed by atoms with Gasteiger partial charge in [0.15, 0.2) is 0 Å². The fraction of sp³-hybridized carbons (Fsp3) is 0.391. The normalized spacial score (nSPS) is 11.8. The number of nitrogens with zero attached hydrogens (tertiary/aromatic N) is 1. The number of carbonyl (C=O) groups is 2. The van der Waals surface area contributed by atoms with Crippen LogP contribution in [-0.4, -0.2) is 35.1 Å². The van der Waals surface area contributed by atoms with E-state index in [-0.39, 0.29) is 29.9 Å². The molecule has 8 heteroatoms. The van der Waals surface area contributed by atoms with Gasteiger partial charge in [-0.2, -0.15) is 0 Å². The average Bonchev–Trinajstić information content (AvgIpc) is 2.74. The fourth-order valence-corrected chi connectivity index (χ4v) is 4.37. The second-order valence-corrected chi connectivity index (χ2v) is 8.93. The molecule has 1 atom stereocenters. The maximum atomic E-state index is 14.0. The number of halogens is 3. The van der Waals surface area contributed by atoms with E-state index in [1.165, 1.54) is 22.7 Å². The van der Waals surface area contributed by atoms with E-state index >= 15 is 0 Å². The molecule has 0 aliphatic carbocycles. The van der Waals surface area contributed by atoms with Crippen molar-refractivity contribution in [3.8, 4) is 0 Å². The van der Waals surface area contributed by atoms with Crippen LogP contribution in [0.15, 0.2) is 42.5 Å². The van der Waals surface area contributed by atoms with Gasteiger partial charge in [0.2, 0.25) is 11.8 Å². The Morgan fingerprint density at radius 3 is 2.52 bits per heavy atom. The highest BCUT2D eigenvalue weighted by atomic mass is 35.5. The first kappa shape index (κ1) is 25.5. The van der Waals surface area contributed by atoms with E-state index in [4.69, 9.17) is 23.2 Å². The van der Waals surface area contributed by atoms with E-state index in [0.717, 1.165) is 18.4 Å². The van der Waals surface area contributed by atoms with Crippen molar-refractivity contribution in [1.82, 2.24) is 10.2 Å². The number of unbranched alkanes of at least 4 members (excludes halogenated alkanes) is 1. The summed E-state index contributed by atoms with van der Waals surface area (Å²) >= 11 is 13.6. The van der Waals surface area contributed by atoms with Crippen LogP contribution in [0.2, 0.25) is 10.0 Å². The number of hydrogen-bond donors (Lipinski definition) is 1. The first-order chi connectivity index (χ1) is 14.8. The van der Waals surface area contributed by atoms with E-state index in [0.29, 0.717) is 22.2 Å². The van der Waals surface area contributed by atoms with Crippen LogP contribution in [0.25, 0.3) is 0 Å². The SMILES string of the molecule is CCCCNC(=O)C(C)N(Cc1ccccc1Cl)C(=O)CSCc1c(F)cccc1Cl. The molecule has 2 amide bonds. The monoisotopic (exact) mass is 484 g/mol. The van der Waals surface area contributed by atoms with E-state index in [1.54, 1.807) is 25.1 Å². The minimum Gasteiger partial charge on any atom is -0.354 e. The zero-order chi connectivity index (χ0) is 22.8. The van der Waals surface area contributed by atoms with Crippen LogP contribution in [0.5, 0.6) is 0 Å². The number of nitrogens with one attached hydrogen (secondary N) is 1. The van der Waals surface area contributed by atoms with Crippen molar-refractivity contribution >= 4 is 46.8 Å². The molecular weight excluding hydrogens is 458 g/mol. The summed E-state index contributed by atoms with van der Waals surface area (Å²) in [5, 5.41) is 3.74. The van der Waals surface area contributed by atoms with Crippen LogP contribution in [-0.2, 0) is 21.9 Å². The highest BCUT2D eigenvalue weighted by Crippen LogP contribution is 2.25. The third-order valence-corrected chi connectivity index (χ3v) is 6.50. The number of thioether (sulfide) groups is 1. The molecule has 2 aromatic rings. The van der Waals surface area contributed by atoms with Crippen LogP contribution in [0.4, 0.5) is 4.39 Å². The van der Waals surface area contributed by atoms with Crippen molar-refractivity contribution in [2.45, 2.75) is 45.0 Å². The Labute approximate surface area is 197 Å². The summed E-state index contributed by atoms with van der Waals surface area (Å²) in [5.41, 5.74) is 1.12. The Hall–Kier alpha value is -1.76. The van der Waals surface area contributed by atoms with Gasteiger partial charge < -0.3 is 10.2 Å². The molecule has 168 valence electrons. The van der Waals surface area contributed by atoms with Gasteiger partial charge in [-0.15, -0.1) is 11.8 Å². The lowest BCUT2D eigenvalue weighted by Gasteiger charge is -2.29. The molecule has 31 heavy (non-hydrogen) atoms. The van der Waals surface area contributed by atoms with Crippen molar-refractivity contribution in [3.63, 3.8) is 0 Å². The van der Waals surface area contributed by atoms with Gasteiger partial charge >= 0.3 is 0 Å². The molecule has 0 saturated heterocycles. The van der Waals surface area contributed by atoms with E-state index in [9.17, 15) is 14.0 Å². The zero-order valence-electron chi connectivity index (χ0n) is 17.7. The minimum atomic E-state index is -0.668. The topological polar surface area (TPSA) is 49.4 Å². The maximum absolute atomic E-state index is 14.0. The molecular formula is C23H27Cl2FN2O2S. The van der Waals surface area contributed by atoms with Gasteiger partial charge in [-0.1, -0.05) is 60.8 Å². The van der Waals surface area contributed by atoms with Gasteiger partial charge in [0.1, 0.15) is 11.9 Å². The molecule has 0 spiro atoms.